The molecule has 0 aliphatic heterocycles. The molecule has 0 atom stereocenters. The van der Waals surface area contributed by atoms with Crippen LogP contribution in [0.1, 0.15) is 22.5 Å². The zero-order valence-corrected chi connectivity index (χ0v) is 13.1. The molecule has 4 rings (SSSR count). The molecule has 0 spiro atoms. The first-order valence-electron chi connectivity index (χ1n) is 7.55. The van der Waals surface area contributed by atoms with Crippen LogP contribution < -0.4 is 4.57 Å². The third-order valence-corrected chi connectivity index (χ3v) is 4.57. The molecule has 0 bridgehead atoms. The lowest BCUT2D eigenvalue weighted by Crippen LogP contribution is -2.33. The zero-order chi connectivity index (χ0) is 15.3. The molecule has 1 aliphatic rings. The Kier molecular flexibility index (Phi) is 2.83. The predicted octanol–water partition coefficient (Wildman–Crippen LogP) is 3.16. The normalized spacial score (nSPS) is 12.1. The maximum absolute atomic E-state index is 4.96. The summed E-state index contributed by atoms with van der Waals surface area (Å²) in [7, 11) is 2.07. The molecule has 2 heterocycles. The molecule has 108 valence electrons. The van der Waals surface area contributed by atoms with Gasteiger partial charge in [0.25, 0.3) is 0 Å². The average Bonchev–Trinajstić information content (AvgIpc) is 2.87. The van der Waals surface area contributed by atoms with Gasteiger partial charge in [0.1, 0.15) is 6.20 Å². The molecule has 1 aromatic carbocycles. The van der Waals surface area contributed by atoms with E-state index in [0.717, 1.165) is 23.6 Å². The van der Waals surface area contributed by atoms with Crippen LogP contribution in [0.4, 0.5) is 0 Å². The summed E-state index contributed by atoms with van der Waals surface area (Å²) in [5.41, 5.74) is 8.47. The van der Waals surface area contributed by atoms with Crippen molar-refractivity contribution < 1.29 is 4.57 Å². The zero-order valence-electron chi connectivity index (χ0n) is 13.1. The van der Waals surface area contributed by atoms with Crippen molar-refractivity contribution in [2.75, 3.05) is 0 Å². The summed E-state index contributed by atoms with van der Waals surface area (Å²) in [6.45, 7) is 4.31. The van der Waals surface area contributed by atoms with E-state index >= 15 is 0 Å². The van der Waals surface area contributed by atoms with Gasteiger partial charge in [-0.2, -0.15) is 0 Å². The first-order valence-corrected chi connectivity index (χ1v) is 7.55. The second kappa shape index (κ2) is 4.73. The number of hydrogen-bond acceptors (Lipinski definition) is 2. The molecule has 0 N–H and O–H groups in total. The fraction of sp³-hybridized carbons (Fsp3) is 0.211. The van der Waals surface area contributed by atoms with E-state index in [-0.39, 0.29) is 0 Å². The summed E-state index contributed by atoms with van der Waals surface area (Å²) in [4.78, 5) is 9.45. The Morgan fingerprint density at radius 1 is 0.955 bits per heavy atom. The molecule has 0 saturated heterocycles. The number of hydrogen-bond donors (Lipinski definition) is 0. The molecular formula is C19H18N3+. The van der Waals surface area contributed by atoms with Crippen molar-refractivity contribution in [2.45, 2.75) is 20.3 Å². The maximum Gasteiger partial charge on any atom is 0.330 e. The summed E-state index contributed by atoms with van der Waals surface area (Å²) in [6, 6.07) is 10.5. The van der Waals surface area contributed by atoms with Crippen LogP contribution >= 0.6 is 0 Å². The van der Waals surface area contributed by atoms with E-state index in [4.69, 9.17) is 4.98 Å². The van der Waals surface area contributed by atoms with Gasteiger partial charge in [-0.1, -0.05) is 18.2 Å². The lowest BCUT2D eigenvalue weighted by Gasteiger charge is -2.07. The molecule has 0 fully saturated rings. The summed E-state index contributed by atoms with van der Waals surface area (Å²) in [5, 5.41) is 0. The highest BCUT2D eigenvalue weighted by Gasteiger charge is 2.29. The Morgan fingerprint density at radius 2 is 1.77 bits per heavy atom. The molecule has 22 heavy (non-hydrogen) atoms. The Morgan fingerprint density at radius 3 is 2.64 bits per heavy atom. The summed E-state index contributed by atoms with van der Waals surface area (Å²) in [5.74, 6) is 1.02. The second-order valence-corrected chi connectivity index (χ2v) is 5.96. The van der Waals surface area contributed by atoms with E-state index < -0.39 is 0 Å². The van der Waals surface area contributed by atoms with E-state index in [2.05, 4.69) is 60.9 Å². The van der Waals surface area contributed by atoms with Crippen LogP contribution in [-0.2, 0) is 13.5 Å². The van der Waals surface area contributed by atoms with Gasteiger partial charge in [0, 0.05) is 11.8 Å². The van der Waals surface area contributed by atoms with Crippen LogP contribution in [-0.4, -0.2) is 9.97 Å². The van der Waals surface area contributed by atoms with Gasteiger partial charge in [0.05, 0.1) is 30.3 Å². The first kappa shape index (κ1) is 13.1. The average molecular weight is 288 g/mol. The van der Waals surface area contributed by atoms with Gasteiger partial charge in [0.2, 0.25) is 0 Å². The number of fused-ring (bicyclic) bond motifs is 3. The quantitative estimate of drug-likeness (QED) is 0.504. The minimum Gasteiger partial charge on any atom is -0.260 e. The molecule has 3 aromatic rings. The highest BCUT2D eigenvalue weighted by atomic mass is 15.0. The smallest absolute Gasteiger partial charge is 0.260 e. The van der Waals surface area contributed by atoms with Gasteiger partial charge in [-0.15, -0.1) is 0 Å². The second-order valence-electron chi connectivity index (χ2n) is 5.96. The molecular weight excluding hydrogens is 270 g/mol. The van der Waals surface area contributed by atoms with E-state index in [1.807, 2.05) is 12.3 Å². The third kappa shape index (κ3) is 1.86. The third-order valence-electron chi connectivity index (χ3n) is 4.57. The summed E-state index contributed by atoms with van der Waals surface area (Å²) < 4.78 is 2.13. The maximum atomic E-state index is 4.96. The van der Waals surface area contributed by atoms with Crippen molar-refractivity contribution in [2.24, 2.45) is 7.05 Å². The van der Waals surface area contributed by atoms with Gasteiger partial charge in [-0.3, -0.25) is 4.98 Å². The lowest BCUT2D eigenvalue weighted by molar-refractivity contribution is -0.662. The van der Waals surface area contributed by atoms with Gasteiger partial charge in [-0.05, 0) is 42.1 Å². The van der Waals surface area contributed by atoms with E-state index in [9.17, 15) is 0 Å². The van der Waals surface area contributed by atoms with E-state index in [1.165, 1.54) is 27.8 Å². The van der Waals surface area contributed by atoms with Gasteiger partial charge in [0.15, 0.2) is 5.69 Å². The Labute approximate surface area is 130 Å². The molecule has 0 radical (unpaired) electrons. The standard InChI is InChI=1S/C19H18N3/c1-12-6-4-7-14(13(12)2)19-21-18-10-17-15(8-5-9-20-17)16(18)11-22(19)3/h4-9,11H,10H2,1-3H3/q+1. The van der Waals surface area contributed by atoms with Crippen molar-refractivity contribution in [1.82, 2.24) is 9.97 Å². The van der Waals surface area contributed by atoms with Gasteiger partial charge >= 0.3 is 5.82 Å². The predicted molar refractivity (Wildman–Crippen MR) is 86.4 cm³/mol. The molecule has 0 saturated carbocycles. The summed E-state index contributed by atoms with van der Waals surface area (Å²) in [6.07, 6.45) is 4.87. The Hall–Kier alpha value is -2.55. The van der Waals surface area contributed by atoms with Crippen LogP contribution in [0.15, 0.2) is 42.7 Å². The molecule has 0 unspecified atom stereocenters. The topological polar surface area (TPSA) is 29.7 Å². The monoisotopic (exact) mass is 288 g/mol. The van der Waals surface area contributed by atoms with E-state index in [1.54, 1.807) is 0 Å². The number of benzene rings is 1. The van der Waals surface area contributed by atoms with Crippen LogP contribution in [0.2, 0.25) is 0 Å². The number of rotatable bonds is 1. The summed E-state index contributed by atoms with van der Waals surface area (Å²) >= 11 is 0. The number of nitrogens with zero attached hydrogens (tertiary/aromatic N) is 3. The number of pyridine rings is 1. The largest absolute Gasteiger partial charge is 0.330 e. The van der Waals surface area contributed by atoms with Crippen LogP contribution in [0.5, 0.6) is 0 Å². The van der Waals surface area contributed by atoms with E-state index in [0.29, 0.717) is 0 Å². The molecule has 2 aromatic heterocycles. The van der Waals surface area contributed by atoms with Gasteiger partial charge in [-0.25, -0.2) is 4.57 Å². The minimum atomic E-state index is 0.824. The van der Waals surface area contributed by atoms with Crippen LogP contribution in [0.25, 0.3) is 22.5 Å². The number of aryl methyl sites for hydroxylation is 2. The van der Waals surface area contributed by atoms with Crippen molar-refractivity contribution in [3.63, 3.8) is 0 Å². The van der Waals surface area contributed by atoms with Gasteiger partial charge < -0.3 is 0 Å². The first-order chi connectivity index (χ1) is 10.6. The van der Waals surface area contributed by atoms with Crippen molar-refractivity contribution in [3.05, 3.63) is 65.2 Å². The van der Waals surface area contributed by atoms with Crippen LogP contribution in [0.3, 0.4) is 0 Å². The number of aromatic nitrogens is 3. The fourth-order valence-corrected chi connectivity index (χ4v) is 3.18. The molecule has 3 heteroatoms. The Bertz CT molecular complexity index is 897. The fourth-order valence-electron chi connectivity index (χ4n) is 3.18. The van der Waals surface area contributed by atoms with Crippen molar-refractivity contribution in [3.8, 4) is 22.5 Å². The van der Waals surface area contributed by atoms with Crippen molar-refractivity contribution in [1.29, 1.82) is 0 Å². The van der Waals surface area contributed by atoms with Crippen LogP contribution in [0, 0.1) is 13.8 Å². The lowest BCUT2D eigenvalue weighted by atomic mass is 10.0. The molecule has 1 aliphatic carbocycles. The molecule has 3 nitrogen and oxygen atoms in total. The van der Waals surface area contributed by atoms with Crippen molar-refractivity contribution >= 4 is 0 Å². The highest BCUT2D eigenvalue weighted by molar-refractivity contribution is 5.73. The molecule has 0 amide bonds. The Balaban J connectivity index is 1.92. The highest BCUT2D eigenvalue weighted by Crippen LogP contribution is 2.34. The minimum absolute atomic E-state index is 0.824. The SMILES string of the molecule is Cc1cccc(-c2nc3c(c[n+]2C)-c2cccnc2C3)c1C.